The lowest BCUT2D eigenvalue weighted by atomic mass is 10.1. The molecule has 4 heteroatoms. The second-order valence-electron chi connectivity index (χ2n) is 5.03. The van der Waals surface area contributed by atoms with Crippen molar-refractivity contribution in [2.45, 2.75) is 13.5 Å². The Kier molecular flexibility index (Phi) is 3.77. The number of ether oxygens (including phenoxy) is 2. The van der Waals surface area contributed by atoms with Gasteiger partial charge in [0, 0.05) is 12.1 Å². The van der Waals surface area contributed by atoms with Gasteiger partial charge in [-0.15, -0.1) is 0 Å². The van der Waals surface area contributed by atoms with Crippen molar-refractivity contribution in [1.82, 2.24) is 5.32 Å². The molecule has 1 aliphatic rings. The maximum atomic E-state index is 12.2. The average molecular weight is 283 g/mol. The minimum absolute atomic E-state index is 0.118. The normalized spacial score (nSPS) is 12.8. The minimum Gasteiger partial charge on any atom is -0.486 e. The monoisotopic (exact) mass is 283 g/mol. The largest absolute Gasteiger partial charge is 0.486 e. The highest BCUT2D eigenvalue weighted by Crippen LogP contribution is 2.30. The molecule has 0 aromatic heterocycles. The summed E-state index contributed by atoms with van der Waals surface area (Å²) in [7, 11) is 0. The van der Waals surface area contributed by atoms with Crippen molar-refractivity contribution in [2.75, 3.05) is 13.2 Å². The zero-order chi connectivity index (χ0) is 14.7. The zero-order valence-electron chi connectivity index (χ0n) is 11.9. The van der Waals surface area contributed by atoms with Crippen molar-refractivity contribution in [1.29, 1.82) is 0 Å². The van der Waals surface area contributed by atoms with Gasteiger partial charge in [0.15, 0.2) is 11.5 Å². The number of fused-ring (bicyclic) bond motifs is 1. The first-order valence-corrected chi connectivity index (χ1v) is 6.96. The molecule has 2 aromatic carbocycles. The molecule has 1 N–H and O–H groups in total. The highest BCUT2D eigenvalue weighted by atomic mass is 16.6. The smallest absolute Gasteiger partial charge is 0.251 e. The molecule has 0 fully saturated rings. The third-order valence-electron chi connectivity index (χ3n) is 3.38. The fourth-order valence-corrected chi connectivity index (χ4v) is 2.17. The van der Waals surface area contributed by atoms with Gasteiger partial charge in [-0.05, 0) is 30.7 Å². The number of hydrogen-bond donors (Lipinski definition) is 1. The summed E-state index contributed by atoms with van der Waals surface area (Å²) in [6.07, 6.45) is 0. The van der Waals surface area contributed by atoms with Crippen molar-refractivity contribution in [3.8, 4) is 11.5 Å². The van der Waals surface area contributed by atoms with E-state index in [1.165, 1.54) is 5.56 Å². The minimum atomic E-state index is -0.118. The van der Waals surface area contributed by atoms with Crippen molar-refractivity contribution in [3.63, 3.8) is 0 Å². The third kappa shape index (κ3) is 3.16. The first-order chi connectivity index (χ1) is 10.2. The van der Waals surface area contributed by atoms with E-state index in [0.29, 0.717) is 36.8 Å². The summed E-state index contributed by atoms with van der Waals surface area (Å²) >= 11 is 0. The summed E-state index contributed by atoms with van der Waals surface area (Å²) in [5.41, 5.74) is 2.86. The van der Waals surface area contributed by atoms with E-state index in [4.69, 9.17) is 9.47 Å². The summed E-state index contributed by atoms with van der Waals surface area (Å²) in [6.45, 7) is 3.61. The van der Waals surface area contributed by atoms with Gasteiger partial charge in [0.05, 0.1) is 0 Å². The Balaban J connectivity index is 1.66. The lowest BCUT2D eigenvalue weighted by Crippen LogP contribution is -2.23. The zero-order valence-corrected chi connectivity index (χ0v) is 11.9. The number of rotatable bonds is 3. The van der Waals surface area contributed by atoms with Crippen molar-refractivity contribution in [3.05, 3.63) is 59.2 Å². The van der Waals surface area contributed by atoms with E-state index in [1.807, 2.05) is 31.2 Å². The molecular weight excluding hydrogens is 266 g/mol. The fraction of sp³-hybridized carbons (Fsp3) is 0.235. The molecule has 1 amide bonds. The second kappa shape index (κ2) is 5.87. The number of benzene rings is 2. The molecule has 0 radical (unpaired) electrons. The van der Waals surface area contributed by atoms with E-state index in [9.17, 15) is 4.79 Å². The molecule has 3 rings (SSSR count). The number of amides is 1. The van der Waals surface area contributed by atoms with Crippen LogP contribution in [0.15, 0.2) is 42.5 Å². The van der Waals surface area contributed by atoms with Gasteiger partial charge < -0.3 is 14.8 Å². The van der Waals surface area contributed by atoms with Crippen LogP contribution in [0.2, 0.25) is 0 Å². The molecule has 1 heterocycles. The van der Waals surface area contributed by atoms with E-state index in [-0.39, 0.29) is 5.91 Å². The summed E-state index contributed by atoms with van der Waals surface area (Å²) in [5.74, 6) is 1.20. The Labute approximate surface area is 123 Å². The number of aryl methyl sites for hydroxylation is 1. The first-order valence-electron chi connectivity index (χ1n) is 6.96. The molecule has 4 nitrogen and oxygen atoms in total. The maximum absolute atomic E-state index is 12.2. The molecule has 0 spiro atoms. The number of hydrogen-bond acceptors (Lipinski definition) is 3. The maximum Gasteiger partial charge on any atom is 0.251 e. The highest BCUT2D eigenvalue weighted by Gasteiger charge is 2.14. The van der Waals surface area contributed by atoms with Gasteiger partial charge in [-0.1, -0.05) is 29.8 Å². The quantitative estimate of drug-likeness (QED) is 0.942. The number of carbonyl (C=O) groups is 1. The van der Waals surface area contributed by atoms with E-state index in [2.05, 4.69) is 5.32 Å². The van der Waals surface area contributed by atoms with Crippen molar-refractivity contribution in [2.24, 2.45) is 0 Å². The molecule has 0 bridgehead atoms. The van der Waals surface area contributed by atoms with Gasteiger partial charge in [0.2, 0.25) is 0 Å². The van der Waals surface area contributed by atoms with Crippen molar-refractivity contribution >= 4 is 5.91 Å². The standard InChI is InChI=1S/C17H17NO3/c1-12-2-4-13(5-3-12)11-18-17(19)14-6-7-15-16(10-14)21-9-8-20-15/h2-7,10H,8-9,11H2,1H3,(H,18,19). The molecule has 0 unspecified atom stereocenters. The van der Waals surface area contributed by atoms with Gasteiger partial charge in [-0.3, -0.25) is 4.79 Å². The molecule has 21 heavy (non-hydrogen) atoms. The summed E-state index contributed by atoms with van der Waals surface area (Å²) in [4.78, 5) is 12.2. The summed E-state index contributed by atoms with van der Waals surface area (Å²) < 4.78 is 10.9. The van der Waals surface area contributed by atoms with Gasteiger partial charge in [0.1, 0.15) is 13.2 Å². The number of carbonyl (C=O) groups excluding carboxylic acids is 1. The van der Waals surface area contributed by atoms with E-state index in [0.717, 1.165) is 5.56 Å². The third-order valence-corrected chi connectivity index (χ3v) is 3.38. The van der Waals surface area contributed by atoms with Crippen LogP contribution in [0, 0.1) is 6.92 Å². The Hall–Kier alpha value is -2.49. The molecule has 2 aromatic rings. The summed E-state index contributed by atoms with van der Waals surface area (Å²) in [6, 6.07) is 13.3. The molecular formula is C17H17NO3. The highest BCUT2D eigenvalue weighted by molar-refractivity contribution is 5.94. The molecule has 0 saturated heterocycles. The Morgan fingerprint density at radius 3 is 2.52 bits per heavy atom. The van der Waals surface area contributed by atoms with Gasteiger partial charge in [-0.2, -0.15) is 0 Å². The Morgan fingerprint density at radius 1 is 1.05 bits per heavy atom. The van der Waals surface area contributed by atoms with Crippen LogP contribution in [-0.2, 0) is 6.54 Å². The lowest BCUT2D eigenvalue weighted by molar-refractivity contribution is 0.0949. The van der Waals surface area contributed by atoms with E-state index in [1.54, 1.807) is 18.2 Å². The Morgan fingerprint density at radius 2 is 1.76 bits per heavy atom. The first kappa shape index (κ1) is 13.5. The number of nitrogens with one attached hydrogen (secondary N) is 1. The predicted octanol–water partition coefficient (Wildman–Crippen LogP) is 2.70. The molecule has 0 aliphatic carbocycles. The van der Waals surface area contributed by atoms with Crippen LogP contribution in [0.25, 0.3) is 0 Å². The van der Waals surface area contributed by atoms with Crippen LogP contribution in [0.1, 0.15) is 21.5 Å². The fourth-order valence-electron chi connectivity index (χ4n) is 2.17. The molecule has 0 atom stereocenters. The van der Waals surface area contributed by atoms with E-state index < -0.39 is 0 Å². The Bertz CT molecular complexity index is 650. The van der Waals surface area contributed by atoms with E-state index >= 15 is 0 Å². The van der Waals surface area contributed by atoms with Crippen LogP contribution < -0.4 is 14.8 Å². The molecule has 0 saturated carbocycles. The van der Waals surface area contributed by atoms with Crippen LogP contribution in [0.3, 0.4) is 0 Å². The average Bonchev–Trinajstić information content (AvgIpc) is 2.53. The predicted molar refractivity (Wildman–Crippen MR) is 79.8 cm³/mol. The lowest BCUT2D eigenvalue weighted by Gasteiger charge is -2.18. The van der Waals surface area contributed by atoms with Crippen LogP contribution >= 0.6 is 0 Å². The van der Waals surface area contributed by atoms with Crippen LogP contribution in [0.5, 0.6) is 11.5 Å². The van der Waals surface area contributed by atoms with Gasteiger partial charge in [-0.25, -0.2) is 0 Å². The topological polar surface area (TPSA) is 47.6 Å². The van der Waals surface area contributed by atoms with Crippen molar-refractivity contribution < 1.29 is 14.3 Å². The van der Waals surface area contributed by atoms with Gasteiger partial charge in [0.25, 0.3) is 5.91 Å². The van der Waals surface area contributed by atoms with Gasteiger partial charge >= 0.3 is 0 Å². The molecule has 1 aliphatic heterocycles. The second-order valence-corrected chi connectivity index (χ2v) is 5.03. The SMILES string of the molecule is Cc1ccc(CNC(=O)c2ccc3c(c2)OCCO3)cc1. The van der Waals surface area contributed by atoms with Crippen LogP contribution in [-0.4, -0.2) is 19.1 Å². The van der Waals surface area contributed by atoms with Crippen LogP contribution in [0.4, 0.5) is 0 Å². The molecule has 108 valence electrons. The summed E-state index contributed by atoms with van der Waals surface area (Å²) in [5, 5.41) is 2.91.